The molecule has 3 unspecified atom stereocenters. The number of esters is 1. The highest BCUT2D eigenvalue weighted by Gasteiger charge is 2.75. The predicted octanol–water partition coefficient (Wildman–Crippen LogP) is 2.46. The van der Waals surface area contributed by atoms with Gasteiger partial charge in [0.15, 0.2) is 0 Å². The zero-order chi connectivity index (χ0) is 24.9. The van der Waals surface area contributed by atoms with Gasteiger partial charge in [-0.3, -0.25) is 14.4 Å². The second-order valence-electron chi connectivity index (χ2n) is 9.71. The quantitative estimate of drug-likeness (QED) is 0.235. The summed E-state index contributed by atoms with van der Waals surface area (Å²) in [5.74, 6) is -2.23. The molecule has 0 saturated carbocycles. The van der Waals surface area contributed by atoms with Crippen molar-refractivity contribution in [3.63, 3.8) is 0 Å². The number of unbranched alkanes of at least 4 members (excludes halogenated alkanes) is 2. The van der Waals surface area contributed by atoms with E-state index in [1.165, 1.54) is 6.08 Å². The molecule has 8 nitrogen and oxygen atoms in total. The highest BCUT2D eigenvalue weighted by molar-refractivity contribution is 5.98. The van der Waals surface area contributed by atoms with Crippen LogP contribution in [0.3, 0.4) is 0 Å². The maximum absolute atomic E-state index is 14.1. The highest BCUT2D eigenvalue weighted by atomic mass is 16.6. The second kappa shape index (κ2) is 11.5. The second-order valence-corrected chi connectivity index (χ2v) is 9.71. The summed E-state index contributed by atoms with van der Waals surface area (Å²) in [7, 11) is 0. The summed E-state index contributed by atoms with van der Waals surface area (Å²) in [4.78, 5) is 44.3. The lowest BCUT2D eigenvalue weighted by molar-refractivity contribution is -0.154. The molecular weight excluding hydrogens is 436 g/mol. The number of hydrogen-bond donors (Lipinski definition) is 1. The molecule has 190 valence electrons. The number of ether oxygens (including phenoxy) is 2. The van der Waals surface area contributed by atoms with Crippen molar-refractivity contribution < 1.29 is 29.0 Å². The van der Waals surface area contributed by atoms with Gasteiger partial charge in [0.25, 0.3) is 0 Å². The average Bonchev–Trinajstić information content (AvgIpc) is 3.46. The molecule has 0 radical (unpaired) electrons. The number of amides is 2. The molecule has 0 aromatic rings. The van der Waals surface area contributed by atoms with Crippen molar-refractivity contribution in [1.82, 2.24) is 9.80 Å². The molecule has 8 heteroatoms. The Labute approximate surface area is 202 Å². The van der Waals surface area contributed by atoms with Gasteiger partial charge in [-0.2, -0.15) is 0 Å². The summed E-state index contributed by atoms with van der Waals surface area (Å²) < 4.78 is 11.8. The van der Waals surface area contributed by atoms with Crippen molar-refractivity contribution >= 4 is 17.8 Å². The van der Waals surface area contributed by atoms with Crippen molar-refractivity contribution in [2.45, 2.75) is 82.6 Å². The number of fused-ring (bicyclic) bond motifs is 1. The van der Waals surface area contributed by atoms with Crippen molar-refractivity contribution in [3.05, 3.63) is 25.3 Å². The Morgan fingerprint density at radius 3 is 2.74 bits per heavy atom. The van der Waals surface area contributed by atoms with Crippen molar-refractivity contribution in [3.8, 4) is 0 Å². The molecule has 34 heavy (non-hydrogen) atoms. The Morgan fingerprint density at radius 1 is 1.32 bits per heavy atom. The van der Waals surface area contributed by atoms with Gasteiger partial charge >= 0.3 is 5.97 Å². The number of hydrogen-bond acceptors (Lipinski definition) is 6. The Hall–Kier alpha value is -2.19. The fraction of sp³-hybridized carbons (Fsp3) is 0.731. The molecule has 3 saturated heterocycles. The van der Waals surface area contributed by atoms with Crippen LogP contribution >= 0.6 is 0 Å². The number of nitrogens with zero attached hydrogens (tertiary/aromatic N) is 2. The standard InChI is InChI=1S/C26H40N2O6/c1-5-11-18(4)27(14-6-2)24(31)22-26-13-12-19(34-26)20(25(32)33-17-7-3)21(26)23(30)28(22)15-9-8-10-16-29/h6-7,18-22,29H,2-3,5,8-17H2,1,4H3/t18?,19-,20+,21+,22?,26?/m1/s1. The Bertz CT molecular complexity index is 785. The van der Waals surface area contributed by atoms with Crippen LogP contribution in [-0.4, -0.2) is 82.8 Å². The minimum atomic E-state index is -1.01. The summed E-state index contributed by atoms with van der Waals surface area (Å²) in [6.45, 7) is 12.5. The minimum Gasteiger partial charge on any atom is -0.461 e. The molecule has 1 spiro atoms. The van der Waals surface area contributed by atoms with Crippen LogP contribution in [0.4, 0.5) is 0 Å². The molecule has 3 heterocycles. The lowest BCUT2D eigenvalue weighted by Gasteiger charge is -2.39. The Kier molecular flexibility index (Phi) is 8.93. The van der Waals surface area contributed by atoms with Crippen LogP contribution in [0.1, 0.15) is 58.8 Å². The largest absolute Gasteiger partial charge is 0.461 e. The molecule has 3 aliphatic heterocycles. The summed E-state index contributed by atoms with van der Waals surface area (Å²) >= 11 is 0. The van der Waals surface area contributed by atoms with E-state index < -0.39 is 35.6 Å². The fourth-order valence-corrected chi connectivity index (χ4v) is 6.11. The van der Waals surface area contributed by atoms with E-state index in [1.807, 2.05) is 6.92 Å². The van der Waals surface area contributed by atoms with Crippen molar-refractivity contribution in [2.24, 2.45) is 11.8 Å². The van der Waals surface area contributed by atoms with Crippen molar-refractivity contribution in [2.75, 3.05) is 26.3 Å². The molecule has 2 bridgehead atoms. The van der Waals surface area contributed by atoms with E-state index in [0.29, 0.717) is 38.8 Å². The number of carbonyl (C=O) groups is 3. The SMILES string of the molecule is C=CCOC(=O)[C@@H]1[C@H]2C(=O)N(CCCCCO)C(C(=O)N(CC=C)C(C)CCC)C23CC[C@H]1O3. The van der Waals surface area contributed by atoms with E-state index in [9.17, 15) is 14.4 Å². The van der Waals surface area contributed by atoms with E-state index in [1.54, 1.807) is 15.9 Å². The van der Waals surface area contributed by atoms with E-state index in [0.717, 1.165) is 19.3 Å². The summed E-state index contributed by atoms with van der Waals surface area (Å²) in [5, 5.41) is 9.15. The number of rotatable bonds is 14. The first kappa shape index (κ1) is 26.4. The number of likely N-dealkylation sites (tertiary alicyclic amines) is 1. The maximum Gasteiger partial charge on any atom is 0.312 e. The summed E-state index contributed by atoms with van der Waals surface area (Å²) in [6.07, 6.45) is 7.80. The molecule has 2 amide bonds. The first-order valence-corrected chi connectivity index (χ1v) is 12.7. The van der Waals surface area contributed by atoms with E-state index in [2.05, 4.69) is 20.1 Å². The number of aliphatic hydroxyl groups is 1. The molecule has 3 aliphatic rings. The lowest BCUT2D eigenvalue weighted by atomic mass is 9.70. The third-order valence-corrected chi connectivity index (χ3v) is 7.55. The van der Waals surface area contributed by atoms with Crippen LogP contribution in [0.15, 0.2) is 25.3 Å². The molecule has 0 aromatic heterocycles. The third-order valence-electron chi connectivity index (χ3n) is 7.55. The Morgan fingerprint density at radius 2 is 2.09 bits per heavy atom. The van der Waals surface area contributed by atoms with Gasteiger partial charge in [-0.25, -0.2) is 0 Å². The van der Waals surface area contributed by atoms with Gasteiger partial charge in [-0.15, -0.1) is 6.58 Å². The average molecular weight is 477 g/mol. The van der Waals surface area contributed by atoms with Gasteiger partial charge in [-0.05, 0) is 45.4 Å². The molecule has 3 fully saturated rings. The normalized spacial score (nSPS) is 30.2. The van der Waals surface area contributed by atoms with E-state index in [-0.39, 0.29) is 31.1 Å². The monoisotopic (exact) mass is 476 g/mol. The molecule has 3 rings (SSSR count). The molecule has 1 N–H and O–H groups in total. The molecule has 6 atom stereocenters. The van der Waals surface area contributed by atoms with Gasteiger partial charge < -0.3 is 24.4 Å². The van der Waals surface area contributed by atoms with Crippen LogP contribution in [0.2, 0.25) is 0 Å². The van der Waals surface area contributed by atoms with Crippen LogP contribution in [0.25, 0.3) is 0 Å². The maximum atomic E-state index is 14.1. The highest BCUT2D eigenvalue weighted by Crippen LogP contribution is 2.58. The first-order chi connectivity index (χ1) is 16.4. The zero-order valence-electron chi connectivity index (χ0n) is 20.6. The van der Waals surface area contributed by atoms with Crippen LogP contribution < -0.4 is 0 Å². The van der Waals surface area contributed by atoms with Crippen LogP contribution in [0, 0.1) is 11.8 Å². The lowest BCUT2D eigenvalue weighted by Crippen LogP contribution is -2.57. The van der Waals surface area contributed by atoms with Gasteiger partial charge in [0.2, 0.25) is 11.8 Å². The summed E-state index contributed by atoms with van der Waals surface area (Å²) in [5.41, 5.74) is -1.01. The molecule has 0 aromatic carbocycles. The van der Waals surface area contributed by atoms with Crippen molar-refractivity contribution in [1.29, 1.82) is 0 Å². The van der Waals surface area contributed by atoms with E-state index in [4.69, 9.17) is 14.6 Å². The predicted molar refractivity (Wildman–Crippen MR) is 128 cm³/mol. The molecular formula is C26H40N2O6. The topological polar surface area (TPSA) is 96.4 Å². The van der Waals surface area contributed by atoms with Crippen LogP contribution in [-0.2, 0) is 23.9 Å². The third kappa shape index (κ3) is 4.67. The first-order valence-electron chi connectivity index (χ1n) is 12.7. The Balaban J connectivity index is 1.96. The smallest absolute Gasteiger partial charge is 0.312 e. The van der Waals surface area contributed by atoms with Gasteiger partial charge in [-0.1, -0.05) is 32.1 Å². The summed E-state index contributed by atoms with van der Waals surface area (Å²) in [6, 6.07) is -0.787. The molecule has 0 aliphatic carbocycles. The van der Waals surface area contributed by atoms with Gasteiger partial charge in [0.1, 0.15) is 18.2 Å². The fourth-order valence-electron chi connectivity index (χ4n) is 6.11. The number of carbonyl (C=O) groups excluding carboxylic acids is 3. The van der Waals surface area contributed by atoms with Gasteiger partial charge in [0.05, 0.1) is 17.9 Å². The van der Waals surface area contributed by atoms with E-state index >= 15 is 0 Å². The van der Waals surface area contributed by atoms with Gasteiger partial charge in [0, 0.05) is 25.7 Å². The zero-order valence-corrected chi connectivity index (χ0v) is 20.6. The number of aliphatic hydroxyl groups excluding tert-OH is 1. The van der Waals surface area contributed by atoms with Crippen LogP contribution in [0.5, 0.6) is 0 Å². The minimum absolute atomic E-state index is 0.00996.